The highest BCUT2D eigenvalue weighted by atomic mass is 16.7. The van der Waals surface area contributed by atoms with Crippen LogP contribution in [-0.4, -0.2) is 181 Å². The van der Waals surface area contributed by atoms with Gasteiger partial charge < -0.3 is 79.5 Å². The quantitative estimate of drug-likeness (QED) is 0.0540. The van der Waals surface area contributed by atoms with E-state index in [1.807, 2.05) is 6.92 Å². The fourth-order valence-electron chi connectivity index (χ4n) is 5.89. The number of rotatable bonds is 20. The van der Waals surface area contributed by atoms with Crippen LogP contribution in [0.2, 0.25) is 0 Å². The van der Waals surface area contributed by atoms with Crippen molar-refractivity contribution in [2.75, 3.05) is 26.4 Å². The summed E-state index contributed by atoms with van der Waals surface area (Å²) in [5.74, 6) is 0.202. The third kappa shape index (κ3) is 11.6. The number of unbranched alkanes of at least 4 members (excludes halogenated alkanes) is 2. The second kappa shape index (κ2) is 20.7. The van der Waals surface area contributed by atoms with Crippen LogP contribution < -0.4 is 0 Å². The maximum atomic E-state index is 12.4. The largest absolute Gasteiger partial charge is 0.394 e. The predicted molar refractivity (Wildman–Crippen MR) is 162 cm³/mol. The van der Waals surface area contributed by atoms with Gasteiger partial charge in [0.05, 0.1) is 26.4 Å². The number of carbonyl (C=O) groups is 2. The van der Waals surface area contributed by atoms with Gasteiger partial charge in [0.1, 0.15) is 84.8 Å². The van der Waals surface area contributed by atoms with Crippen molar-refractivity contribution in [3.63, 3.8) is 0 Å². The smallest absolute Gasteiger partial charge is 0.187 e. The molecule has 286 valence electrons. The minimum absolute atomic E-state index is 0.0151. The van der Waals surface area contributed by atoms with E-state index in [9.17, 15) is 60.7 Å². The molecule has 3 aliphatic heterocycles. The van der Waals surface area contributed by atoms with Gasteiger partial charge in [-0.1, -0.05) is 13.3 Å². The fourth-order valence-corrected chi connectivity index (χ4v) is 5.89. The zero-order valence-electron chi connectivity index (χ0n) is 27.6. The van der Waals surface area contributed by atoms with E-state index >= 15 is 0 Å². The van der Waals surface area contributed by atoms with Crippen LogP contribution in [0.1, 0.15) is 64.7 Å². The SMILES string of the molecule is CCCC(=O)CCCCCC(=O)CCCO[C@@H]1O[C@H](CO[C@H]2O[C@H](CO)[C@@H](O)[C@H](O)[C@@H]2O)[C@@H](O)[C@H](O[C@H]2O[C@H](CO)[C@@H](O)[C@H](O)[C@@H]2O)[C@@H]1O. The van der Waals surface area contributed by atoms with Gasteiger partial charge in [-0.25, -0.2) is 0 Å². The molecule has 3 saturated heterocycles. The van der Waals surface area contributed by atoms with Crippen LogP contribution >= 0.6 is 0 Å². The number of ketones is 2. The van der Waals surface area contributed by atoms with Gasteiger partial charge in [-0.2, -0.15) is 0 Å². The summed E-state index contributed by atoms with van der Waals surface area (Å²) in [6.07, 6.45) is -19.9. The monoisotopic (exact) mass is 714 g/mol. The molecular formula is C31H54O18. The summed E-state index contributed by atoms with van der Waals surface area (Å²) in [4.78, 5) is 24.0. The van der Waals surface area contributed by atoms with Crippen LogP contribution in [0.3, 0.4) is 0 Å². The topological polar surface area (TPSA) is 292 Å². The molecular weight excluding hydrogens is 660 g/mol. The number of hydrogen-bond acceptors (Lipinski definition) is 18. The van der Waals surface area contributed by atoms with E-state index in [0.717, 1.165) is 19.3 Å². The van der Waals surface area contributed by atoms with E-state index in [-0.39, 0.29) is 31.0 Å². The van der Waals surface area contributed by atoms with E-state index < -0.39 is 112 Å². The summed E-state index contributed by atoms with van der Waals surface area (Å²) in [6, 6.07) is 0. The number of Topliss-reactive ketones (excluding diaryl/α,β-unsaturated/α-hetero) is 2. The standard InChI is InChI=1S/C31H54O18/c1-2-7-15(34)8-4-3-5-9-16(35)10-6-11-44-30-27(43)28(49-31-26(42)24(40)21(37)18(13-33)47-31)22(38)19(48-30)14-45-29-25(41)23(39)20(36)17(12-32)46-29/h17-33,36-43H,2-14H2,1H3/t17-,18-,19-,20-,21-,22-,23+,24+,25+,26+,27+,28+,29+,30-,31-/m1/s1. The van der Waals surface area contributed by atoms with Gasteiger partial charge in [-0.05, 0) is 25.7 Å². The molecule has 0 aliphatic carbocycles. The summed E-state index contributed by atoms with van der Waals surface area (Å²) >= 11 is 0. The summed E-state index contributed by atoms with van der Waals surface area (Å²) < 4.78 is 33.3. The Morgan fingerprint density at radius 2 is 1.02 bits per heavy atom. The van der Waals surface area contributed by atoms with Crippen LogP contribution in [0.4, 0.5) is 0 Å². The molecule has 0 unspecified atom stereocenters. The Kier molecular flexibility index (Phi) is 17.8. The first-order valence-electron chi connectivity index (χ1n) is 16.9. The first kappa shape index (κ1) is 42.1. The third-order valence-corrected chi connectivity index (χ3v) is 8.88. The maximum Gasteiger partial charge on any atom is 0.187 e. The Balaban J connectivity index is 1.61. The normalized spacial score (nSPS) is 39.9. The molecule has 10 N–H and O–H groups in total. The van der Waals surface area contributed by atoms with E-state index in [4.69, 9.17) is 28.4 Å². The Morgan fingerprint density at radius 3 is 1.59 bits per heavy atom. The van der Waals surface area contributed by atoms with Crippen molar-refractivity contribution in [3.8, 4) is 0 Å². The molecule has 18 heteroatoms. The van der Waals surface area contributed by atoms with Gasteiger partial charge in [0.25, 0.3) is 0 Å². The molecule has 0 bridgehead atoms. The zero-order valence-corrected chi connectivity index (χ0v) is 27.6. The van der Waals surface area contributed by atoms with Crippen molar-refractivity contribution in [1.29, 1.82) is 0 Å². The lowest BCUT2D eigenvalue weighted by molar-refractivity contribution is -0.366. The minimum Gasteiger partial charge on any atom is -0.394 e. The van der Waals surface area contributed by atoms with Crippen molar-refractivity contribution in [1.82, 2.24) is 0 Å². The Morgan fingerprint density at radius 1 is 0.531 bits per heavy atom. The molecule has 0 amide bonds. The van der Waals surface area contributed by atoms with Gasteiger partial charge in [0, 0.05) is 25.7 Å². The van der Waals surface area contributed by atoms with Crippen LogP contribution in [0.25, 0.3) is 0 Å². The number of ether oxygens (including phenoxy) is 6. The number of aliphatic hydroxyl groups excluding tert-OH is 10. The average Bonchev–Trinajstić information content (AvgIpc) is 3.08. The molecule has 49 heavy (non-hydrogen) atoms. The third-order valence-electron chi connectivity index (χ3n) is 8.88. The molecule has 18 nitrogen and oxygen atoms in total. The van der Waals surface area contributed by atoms with Gasteiger partial charge in [-0.15, -0.1) is 0 Å². The predicted octanol–water partition coefficient (Wildman–Crippen LogP) is -3.88. The van der Waals surface area contributed by atoms with Crippen molar-refractivity contribution in [2.45, 2.75) is 157 Å². The molecule has 0 aromatic rings. The molecule has 3 aliphatic rings. The van der Waals surface area contributed by atoms with Gasteiger partial charge in [0.15, 0.2) is 18.9 Å². The number of carbonyl (C=O) groups excluding carboxylic acids is 2. The summed E-state index contributed by atoms with van der Waals surface area (Å²) in [5, 5.41) is 102. The highest BCUT2D eigenvalue weighted by Crippen LogP contribution is 2.31. The van der Waals surface area contributed by atoms with Gasteiger partial charge in [-0.3, -0.25) is 9.59 Å². The Labute approximate surface area is 284 Å². The molecule has 15 atom stereocenters. The van der Waals surface area contributed by atoms with Crippen molar-refractivity contribution < 1.29 is 89.1 Å². The summed E-state index contributed by atoms with van der Waals surface area (Å²) in [7, 11) is 0. The fraction of sp³-hybridized carbons (Fsp3) is 0.935. The van der Waals surface area contributed by atoms with Crippen molar-refractivity contribution in [3.05, 3.63) is 0 Å². The highest BCUT2D eigenvalue weighted by Gasteiger charge is 2.52. The van der Waals surface area contributed by atoms with Crippen molar-refractivity contribution in [2.24, 2.45) is 0 Å². The summed E-state index contributed by atoms with van der Waals surface area (Å²) in [5.41, 5.74) is 0. The molecule has 0 radical (unpaired) electrons. The van der Waals surface area contributed by atoms with Crippen LogP contribution in [0.15, 0.2) is 0 Å². The highest BCUT2D eigenvalue weighted by molar-refractivity contribution is 5.78. The van der Waals surface area contributed by atoms with E-state index in [1.165, 1.54) is 0 Å². The van der Waals surface area contributed by atoms with Crippen LogP contribution in [-0.2, 0) is 38.0 Å². The second-order valence-electron chi connectivity index (χ2n) is 12.7. The van der Waals surface area contributed by atoms with Crippen LogP contribution in [0.5, 0.6) is 0 Å². The molecule has 3 heterocycles. The Bertz CT molecular complexity index is 984. The zero-order chi connectivity index (χ0) is 36.2. The number of hydrogen-bond donors (Lipinski definition) is 10. The first-order chi connectivity index (χ1) is 23.3. The molecule has 0 spiro atoms. The minimum atomic E-state index is -1.87. The lowest BCUT2D eigenvalue weighted by atomic mass is 9.96. The van der Waals surface area contributed by atoms with Gasteiger partial charge >= 0.3 is 0 Å². The second-order valence-corrected chi connectivity index (χ2v) is 12.7. The molecule has 3 fully saturated rings. The molecule has 0 saturated carbocycles. The summed E-state index contributed by atoms with van der Waals surface area (Å²) in [6.45, 7) is -0.201. The lowest BCUT2D eigenvalue weighted by Gasteiger charge is -2.46. The van der Waals surface area contributed by atoms with Crippen LogP contribution in [0, 0.1) is 0 Å². The van der Waals surface area contributed by atoms with Crippen molar-refractivity contribution >= 4 is 11.6 Å². The first-order valence-corrected chi connectivity index (χ1v) is 16.9. The average molecular weight is 715 g/mol. The Hall–Kier alpha value is -1.30. The lowest BCUT2D eigenvalue weighted by Crippen LogP contribution is -2.65. The molecule has 0 aromatic carbocycles. The maximum absolute atomic E-state index is 12.4. The van der Waals surface area contributed by atoms with E-state index in [1.54, 1.807) is 0 Å². The number of aliphatic hydroxyl groups is 10. The molecule has 3 rings (SSSR count). The van der Waals surface area contributed by atoms with E-state index in [2.05, 4.69) is 0 Å². The van der Waals surface area contributed by atoms with E-state index in [0.29, 0.717) is 25.7 Å². The van der Waals surface area contributed by atoms with Gasteiger partial charge in [0.2, 0.25) is 0 Å². The molecule has 0 aromatic heterocycles.